The molecule has 1 N–H and O–H groups in total. The number of aryl methyl sites for hydroxylation is 1. The van der Waals surface area contributed by atoms with Crippen molar-refractivity contribution in [2.24, 2.45) is 0 Å². The van der Waals surface area contributed by atoms with Crippen LogP contribution in [0.25, 0.3) is 11.0 Å². The molecule has 0 unspecified atom stereocenters. The van der Waals surface area contributed by atoms with E-state index in [1.54, 1.807) is 6.20 Å². The Labute approximate surface area is 83.2 Å². The quantitative estimate of drug-likeness (QED) is 0.777. The van der Waals surface area contributed by atoms with Crippen molar-refractivity contribution in [3.63, 3.8) is 0 Å². The third kappa shape index (κ3) is 1.59. The number of hydrogen-bond donors (Lipinski definition) is 1. The van der Waals surface area contributed by atoms with Gasteiger partial charge >= 0.3 is 0 Å². The van der Waals surface area contributed by atoms with E-state index in [1.807, 2.05) is 26.1 Å². The van der Waals surface area contributed by atoms with Crippen molar-refractivity contribution in [2.75, 3.05) is 7.05 Å². The number of aromatic nitrogens is 2. The number of nitrogens with zero attached hydrogens (tertiary/aromatic N) is 2. The molecule has 3 nitrogen and oxygen atoms in total. The topological polar surface area (TPSA) is 37.8 Å². The van der Waals surface area contributed by atoms with Gasteiger partial charge in [0.25, 0.3) is 0 Å². The summed E-state index contributed by atoms with van der Waals surface area (Å²) in [7, 11) is 1.94. The van der Waals surface area contributed by atoms with Gasteiger partial charge in [-0.1, -0.05) is 0 Å². The van der Waals surface area contributed by atoms with E-state index in [0.29, 0.717) is 0 Å². The molecule has 2 aromatic rings. The van der Waals surface area contributed by atoms with Crippen LogP contribution in [-0.4, -0.2) is 17.0 Å². The maximum Gasteiger partial charge on any atom is 0.159 e. The van der Waals surface area contributed by atoms with Crippen LogP contribution in [0.15, 0.2) is 24.4 Å². The number of pyridine rings is 2. The smallest absolute Gasteiger partial charge is 0.159 e. The third-order valence-electron chi connectivity index (χ3n) is 2.25. The van der Waals surface area contributed by atoms with Crippen molar-refractivity contribution < 1.29 is 0 Å². The zero-order chi connectivity index (χ0) is 9.97. The second-order valence-electron chi connectivity index (χ2n) is 3.31. The number of nitrogens with one attached hydrogen (secondary N) is 1. The Morgan fingerprint density at radius 1 is 1.43 bits per heavy atom. The molecule has 0 aliphatic carbocycles. The van der Waals surface area contributed by atoms with Gasteiger partial charge in [0.05, 0.1) is 0 Å². The highest BCUT2D eigenvalue weighted by molar-refractivity contribution is 5.75. The Kier molecular flexibility index (Phi) is 2.41. The molecule has 0 atom stereocenters. The first-order chi connectivity index (χ1) is 6.81. The van der Waals surface area contributed by atoms with Crippen molar-refractivity contribution in [1.29, 1.82) is 0 Å². The van der Waals surface area contributed by atoms with Gasteiger partial charge in [-0.15, -0.1) is 0 Å². The van der Waals surface area contributed by atoms with Crippen LogP contribution in [0.1, 0.15) is 11.3 Å². The first kappa shape index (κ1) is 9.09. The molecule has 0 aliphatic rings. The van der Waals surface area contributed by atoms with E-state index < -0.39 is 0 Å². The lowest BCUT2D eigenvalue weighted by Crippen LogP contribution is -2.07. The second-order valence-corrected chi connectivity index (χ2v) is 3.31. The second kappa shape index (κ2) is 3.72. The molecule has 0 spiro atoms. The van der Waals surface area contributed by atoms with Crippen LogP contribution >= 0.6 is 0 Å². The van der Waals surface area contributed by atoms with E-state index >= 15 is 0 Å². The lowest BCUT2D eigenvalue weighted by Gasteiger charge is -2.05. The summed E-state index contributed by atoms with van der Waals surface area (Å²) in [6, 6.07) is 6.11. The van der Waals surface area contributed by atoms with Crippen LogP contribution in [-0.2, 0) is 6.54 Å². The molecule has 2 heterocycles. The minimum atomic E-state index is 0.824. The van der Waals surface area contributed by atoms with Gasteiger partial charge in [0.1, 0.15) is 0 Å². The zero-order valence-corrected chi connectivity index (χ0v) is 8.41. The van der Waals surface area contributed by atoms with E-state index in [1.165, 1.54) is 5.56 Å². The van der Waals surface area contributed by atoms with E-state index in [-0.39, 0.29) is 0 Å². The normalized spacial score (nSPS) is 10.7. The Hall–Kier alpha value is -1.48. The Balaban J connectivity index is 2.59. The molecule has 0 bridgehead atoms. The fourth-order valence-corrected chi connectivity index (χ4v) is 1.51. The van der Waals surface area contributed by atoms with Crippen molar-refractivity contribution in [2.45, 2.75) is 13.5 Å². The molecule has 72 valence electrons. The average molecular weight is 187 g/mol. The van der Waals surface area contributed by atoms with E-state index in [0.717, 1.165) is 23.3 Å². The number of hydrogen-bond acceptors (Lipinski definition) is 3. The molecule has 3 heteroatoms. The SMILES string of the molecule is CNCc1cc2cccnc2nc1C. The Morgan fingerprint density at radius 3 is 3.07 bits per heavy atom. The van der Waals surface area contributed by atoms with E-state index in [4.69, 9.17) is 0 Å². The molecule has 0 aromatic carbocycles. The van der Waals surface area contributed by atoms with Gasteiger partial charge < -0.3 is 5.32 Å². The monoisotopic (exact) mass is 187 g/mol. The summed E-state index contributed by atoms with van der Waals surface area (Å²) in [6.45, 7) is 2.87. The molecule has 2 aromatic heterocycles. The van der Waals surface area contributed by atoms with E-state index in [2.05, 4.69) is 21.4 Å². The van der Waals surface area contributed by atoms with Gasteiger partial charge in [-0.2, -0.15) is 0 Å². The molecule has 14 heavy (non-hydrogen) atoms. The molecule has 0 fully saturated rings. The standard InChI is InChI=1S/C11H13N3/c1-8-10(7-12-2)6-9-4-3-5-13-11(9)14-8/h3-6,12H,7H2,1-2H3. The van der Waals surface area contributed by atoms with Gasteiger partial charge in [0, 0.05) is 23.8 Å². The van der Waals surface area contributed by atoms with Crippen LogP contribution in [0.4, 0.5) is 0 Å². The van der Waals surface area contributed by atoms with Gasteiger partial charge in [-0.3, -0.25) is 0 Å². The fraction of sp³-hybridized carbons (Fsp3) is 0.273. The molecular weight excluding hydrogens is 174 g/mol. The molecule has 0 aliphatic heterocycles. The maximum absolute atomic E-state index is 4.44. The Morgan fingerprint density at radius 2 is 2.29 bits per heavy atom. The first-order valence-electron chi connectivity index (χ1n) is 4.67. The zero-order valence-electron chi connectivity index (χ0n) is 8.41. The average Bonchev–Trinajstić information content (AvgIpc) is 2.19. The summed E-state index contributed by atoms with van der Waals surface area (Å²) in [5, 5.41) is 4.23. The van der Waals surface area contributed by atoms with E-state index in [9.17, 15) is 0 Å². The van der Waals surface area contributed by atoms with Gasteiger partial charge in [0.2, 0.25) is 0 Å². The fourth-order valence-electron chi connectivity index (χ4n) is 1.51. The third-order valence-corrected chi connectivity index (χ3v) is 2.25. The lowest BCUT2D eigenvalue weighted by atomic mass is 10.1. The Bertz CT molecular complexity index is 451. The van der Waals surface area contributed by atoms with Gasteiger partial charge in [-0.25, -0.2) is 9.97 Å². The van der Waals surface area contributed by atoms with Crippen LogP contribution in [0, 0.1) is 6.92 Å². The minimum Gasteiger partial charge on any atom is -0.316 e. The molecule has 0 radical (unpaired) electrons. The highest BCUT2D eigenvalue weighted by atomic mass is 14.9. The van der Waals surface area contributed by atoms with Crippen LogP contribution in [0.2, 0.25) is 0 Å². The van der Waals surface area contributed by atoms with Crippen LogP contribution in [0.3, 0.4) is 0 Å². The summed E-state index contributed by atoms with van der Waals surface area (Å²) in [4.78, 5) is 8.65. The molecule has 0 saturated heterocycles. The highest BCUT2D eigenvalue weighted by Crippen LogP contribution is 2.13. The van der Waals surface area contributed by atoms with Crippen LogP contribution < -0.4 is 5.32 Å². The summed E-state index contributed by atoms with van der Waals surface area (Å²) in [5.41, 5.74) is 3.10. The van der Waals surface area contributed by atoms with Crippen molar-refractivity contribution in [3.8, 4) is 0 Å². The lowest BCUT2D eigenvalue weighted by molar-refractivity contribution is 0.807. The number of rotatable bonds is 2. The van der Waals surface area contributed by atoms with Crippen molar-refractivity contribution in [1.82, 2.24) is 15.3 Å². The molecule has 0 amide bonds. The van der Waals surface area contributed by atoms with Crippen molar-refractivity contribution >= 4 is 11.0 Å². The van der Waals surface area contributed by atoms with Crippen LogP contribution in [0.5, 0.6) is 0 Å². The summed E-state index contributed by atoms with van der Waals surface area (Å²) in [6.07, 6.45) is 1.77. The predicted octanol–water partition coefficient (Wildman–Crippen LogP) is 1.66. The summed E-state index contributed by atoms with van der Waals surface area (Å²) >= 11 is 0. The largest absolute Gasteiger partial charge is 0.316 e. The molecule has 2 rings (SSSR count). The van der Waals surface area contributed by atoms with Crippen molar-refractivity contribution in [3.05, 3.63) is 35.7 Å². The minimum absolute atomic E-state index is 0.824. The number of fused-ring (bicyclic) bond motifs is 1. The van der Waals surface area contributed by atoms with Gasteiger partial charge in [0.15, 0.2) is 5.65 Å². The summed E-state index contributed by atoms with van der Waals surface area (Å²) in [5.74, 6) is 0. The summed E-state index contributed by atoms with van der Waals surface area (Å²) < 4.78 is 0. The highest BCUT2D eigenvalue weighted by Gasteiger charge is 2.01. The predicted molar refractivity (Wildman–Crippen MR) is 57.0 cm³/mol. The van der Waals surface area contributed by atoms with Gasteiger partial charge in [-0.05, 0) is 37.7 Å². The maximum atomic E-state index is 4.44. The molecular formula is C11H13N3. The molecule has 0 saturated carbocycles. The first-order valence-corrected chi connectivity index (χ1v) is 4.67.